The lowest BCUT2D eigenvalue weighted by atomic mass is 9.95. The lowest BCUT2D eigenvalue weighted by molar-refractivity contribution is 0.466. The average Bonchev–Trinajstić information content (AvgIpc) is 2.27. The van der Waals surface area contributed by atoms with Crippen molar-refractivity contribution in [1.29, 1.82) is 0 Å². The molecule has 5 heteroatoms. The Labute approximate surface area is 101 Å². The van der Waals surface area contributed by atoms with E-state index in [0.717, 1.165) is 37.1 Å². The minimum absolute atomic E-state index is 0.344. The van der Waals surface area contributed by atoms with Crippen LogP contribution >= 0.6 is 11.6 Å². The van der Waals surface area contributed by atoms with Gasteiger partial charge in [-0.2, -0.15) is 5.10 Å². The molecule has 0 radical (unpaired) electrons. The van der Waals surface area contributed by atoms with Gasteiger partial charge in [0.05, 0.1) is 11.4 Å². The molecule has 0 atom stereocenters. The van der Waals surface area contributed by atoms with E-state index >= 15 is 0 Å². The summed E-state index contributed by atoms with van der Waals surface area (Å²) in [6.45, 7) is 3.86. The van der Waals surface area contributed by atoms with E-state index in [2.05, 4.69) is 20.5 Å². The molecule has 0 unspecified atom stereocenters. The summed E-state index contributed by atoms with van der Waals surface area (Å²) in [5, 5.41) is 11.8. The lowest BCUT2D eigenvalue weighted by Gasteiger charge is -2.25. The highest BCUT2D eigenvalue weighted by atomic mass is 35.5. The fraction of sp³-hybridized carbons (Fsp3) is 0.727. The van der Waals surface area contributed by atoms with Crippen molar-refractivity contribution in [2.24, 2.45) is 0 Å². The predicted octanol–water partition coefficient (Wildman–Crippen LogP) is 2.45. The van der Waals surface area contributed by atoms with Crippen molar-refractivity contribution in [2.45, 2.75) is 50.9 Å². The number of aromatic nitrogens is 3. The number of nitrogens with one attached hydrogen (secondary N) is 1. The first kappa shape index (κ1) is 11.6. The second kappa shape index (κ2) is 4.95. The minimum atomic E-state index is 0.344. The highest BCUT2D eigenvalue weighted by Crippen LogP contribution is 2.24. The van der Waals surface area contributed by atoms with Gasteiger partial charge in [0.2, 0.25) is 5.95 Å². The number of alkyl halides is 1. The van der Waals surface area contributed by atoms with Crippen molar-refractivity contribution in [2.75, 3.05) is 5.32 Å². The lowest BCUT2D eigenvalue weighted by Crippen LogP contribution is -2.27. The van der Waals surface area contributed by atoms with Crippen LogP contribution in [0.25, 0.3) is 0 Å². The van der Waals surface area contributed by atoms with Crippen LogP contribution < -0.4 is 5.32 Å². The monoisotopic (exact) mass is 240 g/mol. The van der Waals surface area contributed by atoms with Crippen molar-refractivity contribution >= 4 is 17.5 Å². The molecule has 1 aromatic heterocycles. The van der Waals surface area contributed by atoms with Gasteiger partial charge >= 0.3 is 0 Å². The molecule has 4 nitrogen and oxygen atoms in total. The molecule has 1 aliphatic rings. The molecule has 0 bridgehead atoms. The Bertz CT molecular complexity index is 361. The summed E-state index contributed by atoms with van der Waals surface area (Å²) in [6.07, 6.45) is 4.31. The Hall–Kier alpha value is -0.900. The molecule has 1 aromatic rings. The van der Waals surface area contributed by atoms with Crippen LogP contribution in [0.3, 0.4) is 0 Å². The van der Waals surface area contributed by atoms with Gasteiger partial charge in [0.1, 0.15) is 0 Å². The molecule has 16 heavy (non-hydrogen) atoms. The predicted molar refractivity (Wildman–Crippen MR) is 64.8 cm³/mol. The van der Waals surface area contributed by atoms with Crippen molar-refractivity contribution in [3.63, 3.8) is 0 Å². The molecule has 2 rings (SSSR count). The van der Waals surface area contributed by atoms with E-state index in [1.165, 1.54) is 0 Å². The molecule has 0 spiro atoms. The molecule has 1 N–H and O–H groups in total. The Morgan fingerprint density at radius 1 is 1.06 bits per heavy atom. The van der Waals surface area contributed by atoms with Crippen LogP contribution in [-0.4, -0.2) is 26.6 Å². The van der Waals surface area contributed by atoms with Gasteiger partial charge in [-0.25, -0.2) is 4.98 Å². The van der Waals surface area contributed by atoms with Gasteiger partial charge in [-0.3, -0.25) is 0 Å². The number of anilines is 1. The van der Waals surface area contributed by atoms with Gasteiger partial charge in [0.25, 0.3) is 0 Å². The molecule has 0 amide bonds. The first-order valence-electron chi connectivity index (χ1n) is 5.73. The van der Waals surface area contributed by atoms with Crippen LogP contribution in [0.15, 0.2) is 0 Å². The van der Waals surface area contributed by atoms with Gasteiger partial charge in [-0.05, 0) is 39.5 Å². The molecule has 0 saturated heterocycles. The number of halogens is 1. The van der Waals surface area contributed by atoms with E-state index in [4.69, 9.17) is 11.6 Å². The maximum atomic E-state index is 6.06. The normalized spacial score (nSPS) is 25.4. The van der Waals surface area contributed by atoms with Gasteiger partial charge in [-0.15, -0.1) is 16.7 Å². The van der Waals surface area contributed by atoms with Crippen molar-refractivity contribution in [1.82, 2.24) is 15.2 Å². The third-order valence-corrected chi connectivity index (χ3v) is 3.52. The van der Waals surface area contributed by atoms with Gasteiger partial charge < -0.3 is 5.32 Å². The second-order valence-corrected chi connectivity index (χ2v) is 5.02. The molecule has 1 fully saturated rings. The van der Waals surface area contributed by atoms with E-state index in [1.807, 2.05) is 13.8 Å². The molecular weight excluding hydrogens is 224 g/mol. The van der Waals surface area contributed by atoms with E-state index in [9.17, 15) is 0 Å². The summed E-state index contributed by atoms with van der Waals surface area (Å²) in [5.74, 6) is 0.640. The topological polar surface area (TPSA) is 50.7 Å². The van der Waals surface area contributed by atoms with Gasteiger partial charge in [0, 0.05) is 11.4 Å². The van der Waals surface area contributed by atoms with Crippen LogP contribution in [0.5, 0.6) is 0 Å². The molecule has 0 aliphatic heterocycles. The van der Waals surface area contributed by atoms with Crippen LogP contribution in [0.2, 0.25) is 0 Å². The van der Waals surface area contributed by atoms with Crippen molar-refractivity contribution in [3.8, 4) is 0 Å². The summed E-state index contributed by atoms with van der Waals surface area (Å²) >= 11 is 6.06. The zero-order valence-corrected chi connectivity index (χ0v) is 10.5. The highest BCUT2D eigenvalue weighted by molar-refractivity contribution is 6.20. The van der Waals surface area contributed by atoms with Gasteiger partial charge in [-0.1, -0.05) is 0 Å². The van der Waals surface area contributed by atoms with Crippen molar-refractivity contribution < 1.29 is 0 Å². The van der Waals surface area contributed by atoms with Crippen molar-refractivity contribution in [3.05, 3.63) is 11.4 Å². The number of nitrogens with zero attached hydrogens (tertiary/aromatic N) is 3. The molecule has 1 heterocycles. The van der Waals surface area contributed by atoms with E-state index in [-0.39, 0.29) is 0 Å². The number of rotatable bonds is 2. The summed E-state index contributed by atoms with van der Waals surface area (Å²) in [7, 11) is 0. The Balaban J connectivity index is 1.96. The zero-order valence-electron chi connectivity index (χ0n) is 9.70. The van der Waals surface area contributed by atoms with E-state index in [1.54, 1.807) is 0 Å². The first-order chi connectivity index (χ1) is 7.65. The van der Waals surface area contributed by atoms with Crippen LogP contribution in [0.4, 0.5) is 5.95 Å². The smallest absolute Gasteiger partial charge is 0.243 e. The second-order valence-electron chi connectivity index (χ2n) is 4.40. The average molecular weight is 241 g/mol. The molecule has 88 valence electrons. The quantitative estimate of drug-likeness (QED) is 0.807. The Morgan fingerprint density at radius 2 is 1.75 bits per heavy atom. The summed E-state index contributed by atoms with van der Waals surface area (Å²) in [5.41, 5.74) is 1.82. The van der Waals surface area contributed by atoms with Crippen LogP contribution in [0, 0.1) is 13.8 Å². The third kappa shape index (κ3) is 2.82. The van der Waals surface area contributed by atoms with E-state index < -0.39 is 0 Å². The third-order valence-electron chi connectivity index (χ3n) is 3.08. The fourth-order valence-corrected chi connectivity index (χ4v) is 2.15. The SMILES string of the molecule is Cc1nnc(NC2CCC(Cl)CC2)nc1C. The first-order valence-corrected chi connectivity index (χ1v) is 6.17. The summed E-state index contributed by atoms with van der Waals surface area (Å²) < 4.78 is 0. The molecular formula is C11H17ClN4. The van der Waals surface area contributed by atoms with E-state index in [0.29, 0.717) is 17.4 Å². The van der Waals surface area contributed by atoms with Crippen LogP contribution in [0.1, 0.15) is 37.1 Å². The summed E-state index contributed by atoms with van der Waals surface area (Å²) in [6, 6.07) is 0.443. The molecule has 1 saturated carbocycles. The Morgan fingerprint density at radius 3 is 2.38 bits per heavy atom. The largest absolute Gasteiger partial charge is 0.350 e. The number of aryl methyl sites for hydroxylation is 2. The molecule has 0 aromatic carbocycles. The summed E-state index contributed by atoms with van der Waals surface area (Å²) in [4.78, 5) is 4.37. The molecule has 1 aliphatic carbocycles. The van der Waals surface area contributed by atoms with Gasteiger partial charge in [0.15, 0.2) is 0 Å². The Kier molecular flexibility index (Phi) is 3.59. The standard InChI is InChI=1S/C11H17ClN4/c1-7-8(2)15-16-11(13-7)14-10-5-3-9(12)4-6-10/h9-10H,3-6H2,1-2H3,(H,13,14,16). The minimum Gasteiger partial charge on any atom is -0.350 e. The number of hydrogen-bond acceptors (Lipinski definition) is 4. The number of hydrogen-bond donors (Lipinski definition) is 1. The fourth-order valence-electron chi connectivity index (χ4n) is 1.90. The highest BCUT2D eigenvalue weighted by Gasteiger charge is 2.20. The zero-order chi connectivity index (χ0) is 11.5. The maximum Gasteiger partial charge on any atom is 0.243 e. The maximum absolute atomic E-state index is 6.06. The van der Waals surface area contributed by atoms with Crippen LogP contribution in [-0.2, 0) is 0 Å².